The van der Waals surface area contributed by atoms with E-state index in [0.717, 1.165) is 11.9 Å². The summed E-state index contributed by atoms with van der Waals surface area (Å²) in [7, 11) is 0. The minimum absolute atomic E-state index is 0.0206. The molecule has 1 saturated heterocycles. The van der Waals surface area contributed by atoms with Crippen LogP contribution in [-0.4, -0.2) is 65.6 Å². The molecule has 2 aromatic heterocycles. The molecule has 2 aromatic carbocycles. The predicted molar refractivity (Wildman–Crippen MR) is 187 cm³/mol. The van der Waals surface area contributed by atoms with Gasteiger partial charge in [0.1, 0.15) is 30.1 Å². The van der Waals surface area contributed by atoms with E-state index < -0.39 is 53.6 Å². The number of alkyl carbamates (subject to hydrolysis) is 1. The van der Waals surface area contributed by atoms with Gasteiger partial charge in [-0.05, 0) is 66.3 Å². The van der Waals surface area contributed by atoms with Gasteiger partial charge < -0.3 is 15.0 Å². The fraction of sp³-hybridized carbons (Fsp3) is 0.432. The topological polar surface area (TPSA) is 151 Å². The van der Waals surface area contributed by atoms with E-state index in [1.807, 2.05) is 56.4 Å². The Morgan fingerprint density at radius 3 is 2.27 bits per heavy atom. The average molecular weight is 784 g/mol. The van der Waals surface area contributed by atoms with Gasteiger partial charge in [0.2, 0.25) is 11.7 Å². The highest BCUT2D eigenvalue weighted by atomic mass is 35.5. The summed E-state index contributed by atoms with van der Waals surface area (Å²) in [5, 5.41) is 18.3. The summed E-state index contributed by atoms with van der Waals surface area (Å²) in [6.45, 7) is 2.31. The molecule has 0 radical (unpaired) electrons. The Kier molecular flexibility index (Phi) is 9.36. The number of amides is 2. The lowest BCUT2D eigenvalue weighted by molar-refractivity contribution is -0.164. The van der Waals surface area contributed by atoms with Crippen molar-refractivity contribution >= 4 is 23.6 Å². The summed E-state index contributed by atoms with van der Waals surface area (Å²) >= 11 is 6.50. The number of hydrogen-bond donors (Lipinski definition) is 2. The maximum absolute atomic E-state index is 15.3. The van der Waals surface area contributed by atoms with Crippen LogP contribution in [0.15, 0.2) is 61.2 Å². The number of carbonyl (C=O) groups is 2. The van der Waals surface area contributed by atoms with E-state index in [1.54, 1.807) is 11.0 Å². The van der Waals surface area contributed by atoms with Crippen LogP contribution >= 0.6 is 11.6 Å². The highest BCUT2D eigenvalue weighted by Gasteiger charge is 2.67. The molecule has 2 amide bonds. The van der Waals surface area contributed by atoms with E-state index in [0.29, 0.717) is 40.6 Å². The number of rotatable bonds is 10. The average Bonchev–Trinajstić information content (AvgIpc) is 4.02. The van der Waals surface area contributed by atoms with Gasteiger partial charge in [0.05, 0.1) is 16.7 Å². The summed E-state index contributed by atoms with van der Waals surface area (Å²) in [5.41, 5.74) is -2.75. The second-order valence-corrected chi connectivity index (χ2v) is 15.7. The SMILES string of the molecule is CC(C)(C)C[C@]1(c2ccc(-c3cnc(C#N)nc3)cc2)NC2(CC2)N(C(COC(=O)NC2(C(F)(F)F)CC2)c2ccc(Cl)c(-c3ncnn3C(F)F)c2)C1=O. The van der Waals surface area contributed by atoms with Gasteiger partial charge in [-0.15, -0.1) is 0 Å². The number of nitrogens with one attached hydrogen (secondary N) is 2. The summed E-state index contributed by atoms with van der Waals surface area (Å²) in [6.07, 6.45) is -1.34. The predicted octanol–water partition coefficient (Wildman–Crippen LogP) is 7.44. The number of hydrogen-bond acceptors (Lipinski definition) is 9. The van der Waals surface area contributed by atoms with E-state index in [9.17, 15) is 26.7 Å². The molecule has 18 heteroatoms. The number of benzene rings is 2. The van der Waals surface area contributed by atoms with Crippen molar-refractivity contribution in [2.45, 2.75) is 88.4 Å². The van der Waals surface area contributed by atoms with Crippen LogP contribution in [0.25, 0.3) is 22.5 Å². The van der Waals surface area contributed by atoms with E-state index in [2.05, 4.69) is 25.4 Å². The Hall–Kier alpha value is -5.21. The fourth-order valence-electron chi connectivity index (χ4n) is 7.35. The Morgan fingerprint density at radius 2 is 1.71 bits per heavy atom. The van der Waals surface area contributed by atoms with Crippen molar-refractivity contribution in [3.63, 3.8) is 0 Å². The second kappa shape index (κ2) is 13.5. The molecule has 3 aliphatic rings. The number of alkyl halides is 5. The number of halogens is 6. The molecule has 3 heterocycles. The van der Waals surface area contributed by atoms with Gasteiger partial charge in [-0.25, -0.2) is 19.7 Å². The molecule has 0 bridgehead atoms. The van der Waals surface area contributed by atoms with Crippen molar-refractivity contribution in [3.05, 3.63) is 83.2 Å². The van der Waals surface area contributed by atoms with Gasteiger partial charge in [0, 0.05) is 23.5 Å². The first kappa shape index (κ1) is 38.1. The molecule has 2 N–H and O–H groups in total. The highest BCUT2D eigenvalue weighted by molar-refractivity contribution is 6.33. The maximum atomic E-state index is 15.3. The zero-order valence-corrected chi connectivity index (χ0v) is 30.5. The van der Waals surface area contributed by atoms with Gasteiger partial charge in [0.15, 0.2) is 5.82 Å². The zero-order chi connectivity index (χ0) is 39.6. The summed E-state index contributed by atoms with van der Waals surface area (Å²) < 4.78 is 74.9. The third kappa shape index (κ3) is 7.08. The normalized spacial score (nSPS) is 20.4. The van der Waals surface area contributed by atoms with Gasteiger partial charge in [-0.1, -0.05) is 62.7 Å². The molecule has 7 rings (SSSR count). The monoisotopic (exact) mass is 783 g/mol. The first-order valence-electron chi connectivity index (χ1n) is 17.4. The standard InChI is InChI=1S/C37H35ClF5N9O3/c1-33(2,3)19-36(24-7-4-21(5-8-24)23-16-45-28(15-44)46-17-23)30(53)51(35(50-36)12-13-35)27(18-55-32(54)49-34(10-11-34)37(41,42)43)22-6-9-26(38)25(14-22)29-47-20-48-52(29)31(39)40/h4-9,14,16-17,20,27,31,50H,10-13,18-19H2,1-3H3,(H,49,54)/t27?,36-/m1/s1. The van der Waals surface area contributed by atoms with Gasteiger partial charge in [-0.3, -0.25) is 10.1 Å². The number of nitriles is 1. The molecular formula is C37H35ClF5N9O3. The molecule has 1 unspecified atom stereocenters. The summed E-state index contributed by atoms with van der Waals surface area (Å²) in [4.78, 5) is 41.9. The van der Waals surface area contributed by atoms with Crippen LogP contribution in [0.4, 0.5) is 26.7 Å². The van der Waals surface area contributed by atoms with Crippen LogP contribution in [0.5, 0.6) is 0 Å². The van der Waals surface area contributed by atoms with Crippen LogP contribution in [-0.2, 0) is 15.1 Å². The van der Waals surface area contributed by atoms with Crippen molar-refractivity contribution in [3.8, 4) is 28.6 Å². The lowest BCUT2D eigenvalue weighted by atomic mass is 9.75. The molecule has 4 aromatic rings. The molecule has 1 spiro atoms. The minimum Gasteiger partial charge on any atom is -0.447 e. The zero-order valence-electron chi connectivity index (χ0n) is 29.8. The number of ether oxygens (including phenoxy) is 1. The Morgan fingerprint density at radius 1 is 1.04 bits per heavy atom. The second-order valence-electron chi connectivity index (χ2n) is 15.3. The van der Waals surface area contributed by atoms with Gasteiger partial charge in [0.25, 0.3) is 0 Å². The Bertz CT molecular complexity index is 2160. The smallest absolute Gasteiger partial charge is 0.411 e. The van der Waals surface area contributed by atoms with Crippen LogP contribution in [0.1, 0.15) is 82.4 Å². The Balaban J connectivity index is 1.29. The quantitative estimate of drug-likeness (QED) is 0.157. The molecule has 3 fully saturated rings. The molecule has 12 nitrogen and oxygen atoms in total. The highest BCUT2D eigenvalue weighted by Crippen LogP contribution is 2.56. The van der Waals surface area contributed by atoms with Crippen molar-refractivity contribution in [2.24, 2.45) is 5.41 Å². The lowest BCUT2D eigenvalue weighted by Gasteiger charge is -2.36. The lowest BCUT2D eigenvalue weighted by Crippen LogP contribution is -2.49. The molecule has 2 saturated carbocycles. The van der Waals surface area contributed by atoms with Crippen LogP contribution in [0.2, 0.25) is 5.02 Å². The minimum atomic E-state index is -4.70. The van der Waals surface area contributed by atoms with Crippen molar-refractivity contribution in [2.75, 3.05) is 6.61 Å². The third-order valence-corrected chi connectivity index (χ3v) is 10.5. The first-order chi connectivity index (χ1) is 25.9. The van der Waals surface area contributed by atoms with E-state index in [-0.39, 0.29) is 41.0 Å². The van der Waals surface area contributed by atoms with Crippen LogP contribution in [0.3, 0.4) is 0 Å². The maximum Gasteiger partial charge on any atom is 0.411 e. The molecule has 2 aliphatic carbocycles. The molecule has 55 heavy (non-hydrogen) atoms. The fourth-order valence-corrected chi connectivity index (χ4v) is 7.55. The largest absolute Gasteiger partial charge is 0.447 e. The summed E-state index contributed by atoms with van der Waals surface area (Å²) in [6, 6.07) is 12.4. The number of carbonyl (C=O) groups excluding carboxylic acids is 2. The van der Waals surface area contributed by atoms with Crippen molar-refractivity contribution < 1.29 is 36.3 Å². The van der Waals surface area contributed by atoms with Gasteiger partial charge >= 0.3 is 18.8 Å². The molecule has 2 atom stereocenters. The van der Waals surface area contributed by atoms with Crippen LogP contribution < -0.4 is 10.6 Å². The number of aromatic nitrogens is 5. The molecule has 1 aliphatic heterocycles. The first-order valence-corrected chi connectivity index (χ1v) is 17.7. The van der Waals surface area contributed by atoms with Gasteiger partial charge in [-0.2, -0.15) is 37.0 Å². The van der Waals surface area contributed by atoms with Crippen molar-refractivity contribution in [1.82, 2.24) is 40.3 Å². The van der Waals surface area contributed by atoms with Crippen molar-refractivity contribution in [1.29, 1.82) is 5.26 Å². The number of nitrogens with zero attached hydrogens (tertiary/aromatic N) is 7. The third-order valence-electron chi connectivity index (χ3n) is 10.2. The Labute approximate surface area is 317 Å². The molecular weight excluding hydrogens is 749 g/mol. The van der Waals surface area contributed by atoms with E-state index >= 15 is 4.79 Å². The van der Waals surface area contributed by atoms with E-state index in [4.69, 9.17) is 21.6 Å². The van der Waals surface area contributed by atoms with Crippen LogP contribution in [0, 0.1) is 16.7 Å². The van der Waals surface area contributed by atoms with E-state index in [1.165, 1.54) is 24.5 Å². The molecule has 288 valence electrons. The summed E-state index contributed by atoms with van der Waals surface area (Å²) in [5.74, 6) is -0.626.